The summed E-state index contributed by atoms with van der Waals surface area (Å²) < 4.78 is 36.4. The largest absolute Gasteiger partial charge is 1.00 e. The van der Waals surface area contributed by atoms with Gasteiger partial charge in [0.25, 0.3) is 0 Å². The normalized spacial score (nSPS) is 17.2. The molecule has 0 spiro atoms. The van der Waals surface area contributed by atoms with E-state index in [0.29, 0.717) is 17.9 Å². The molecule has 0 unspecified atom stereocenters. The Hall–Kier alpha value is 0.431. The van der Waals surface area contributed by atoms with Gasteiger partial charge in [-0.05, 0) is 12.9 Å². The van der Waals surface area contributed by atoms with E-state index >= 15 is 0 Å². The average molecular weight is 276 g/mol. The van der Waals surface area contributed by atoms with Gasteiger partial charge in [0, 0.05) is 19.6 Å². The smallest absolute Gasteiger partial charge is 0.448 e. The van der Waals surface area contributed by atoms with Gasteiger partial charge >= 0.3 is 70.2 Å². The standard InChI is InChI=1S/C8H13BF3N2O2.K/c1-2-3-13-4-5-14(6-9(10,11)12)8(16)7(13)15;/h2-6H2,1H3;/q-1;+1. The van der Waals surface area contributed by atoms with Crippen molar-refractivity contribution in [3.63, 3.8) is 0 Å². The molecule has 4 nitrogen and oxygen atoms in total. The molecule has 0 atom stereocenters. The molecule has 9 heteroatoms. The number of amides is 2. The van der Waals surface area contributed by atoms with Crippen molar-refractivity contribution in [2.45, 2.75) is 13.3 Å². The fourth-order valence-corrected chi connectivity index (χ4v) is 1.62. The van der Waals surface area contributed by atoms with Gasteiger partial charge < -0.3 is 22.7 Å². The van der Waals surface area contributed by atoms with Crippen LogP contribution in [0.1, 0.15) is 13.3 Å². The molecular formula is C8H13BF3KN2O2. The third-order valence-corrected chi connectivity index (χ3v) is 2.32. The first-order valence-electron chi connectivity index (χ1n) is 5.14. The molecule has 0 aromatic carbocycles. The second-order valence-electron chi connectivity index (χ2n) is 3.75. The number of rotatable bonds is 4. The molecule has 0 bridgehead atoms. The van der Waals surface area contributed by atoms with Crippen molar-refractivity contribution in [2.24, 2.45) is 0 Å². The maximum absolute atomic E-state index is 12.1. The summed E-state index contributed by atoms with van der Waals surface area (Å²) in [7, 11) is 0. The van der Waals surface area contributed by atoms with E-state index in [-0.39, 0.29) is 64.5 Å². The van der Waals surface area contributed by atoms with Crippen molar-refractivity contribution in [1.82, 2.24) is 9.80 Å². The minimum absolute atomic E-state index is 0. The van der Waals surface area contributed by atoms with Gasteiger partial charge in [0.05, 0.1) is 0 Å². The van der Waals surface area contributed by atoms with Crippen molar-refractivity contribution in [3.05, 3.63) is 0 Å². The molecule has 0 aromatic heterocycles. The topological polar surface area (TPSA) is 40.6 Å². The Balaban J connectivity index is 0.00000256. The predicted octanol–water partition coefficient (Wildman–Crippen LogP) is -2.54. The summed E-state index contributed by atoms with van der Waals surface area (Å²) in [6.07, 6.45) is -0.604. The van der Waals surface area contributed by atoms with Crippen LogP contribution in [0, 0.1) is 0 Å². The number of carbonyl (C=O) groups is 2. The van der Waals surface area contributed by atoms with E-state index in [1.807, 2.05) is 6.92 Å². The second kappa shape index (κ2) is 7.13. The zero-order valence-electron chi connectivity index (χ0n) is 9.96. The van der Waals surface area contributed by atoms with E-state index in [2.05, 4.69) is 0 Å². The van der Waals surface area contributed by atoms with Gasteiger partial charge in [-0.1, -0.05) is 6.92 Å². The summed E-state index contributed by atoms with van der Waals surface area (Å²) in [5.41, 5.74) is 0. The predicted molar refractivity (Wildman–Crippen MR) is 52.5 cm³/mol. The molecule has 0 radical (unpaired) electrons. The number of piperazine rings is 1. The average Bonchev–Trinajstić information content (AvgIpc) is 2.16. The van der Waals surface area contributed by atoms with Crippen LogP contribution in [0.25, 0.3) is 0 Å². The fraction of sp³-hybridized carbons (Fsp3) is 0.750. The van der Waals surface area contributed by atoms with Crippen LogP contribution in [-0.2, 0) is 9.59 Å². The molecule has 2 amide bonds. The van der Waals surface area contributed by atoms with Gasteiger partial charge in [0.15, 0.2) is 0 Å². The molecule has 0 N–H and O–H groups in total. The third kappa shape index (κ3) is 5.29. The summed E-state index contributed by atoms with van der Waals surface area (Å²) in [6, 6.07) is 0. The van der Waals surface area contributed by atoms with E-state index in [9.17, 15) is 22.5 Å². The van der Waals surface area contributed by atoms with Crippen molar-refractivity contribution in [2.75, 3.05) is 26.1 Å². The van der Waals surface area contributed by atoms with Crippen molar-refractivity contribution < 1.29 is 73.9 Å². The Bertz CT molecular complexity index is 301. The Kier molecular flexibility index (Phi) is 7.31. The Morgan fingerprint density at radius 3 is 2.06 bits per heavy atom. The SMILES string of the molecule is CCCN1CCN(C[B-](F)(F)F)C(=O)C1=O.[K+]. The quantitative estimate of drug-likeness (QED) is 0.419. The molecule has 0 aromatic rings. The number of halogens is 3. The van der Waals surface area contributed by atoms with Crippen molar-refractivity contribution >= 4 is 18.8 Å². The van der Waals surface area contributed by atoms with Crippen LogP contribution in [0.2, 0.25) is 0 Å². The number of hydrogen-bond donors (Lipinski definition) is 0. The minimum atomic E-state index is -5.07. The maximum Gasteiger partial charge on any atom is 1.00 e. The zero-order valence-corrected chi connectivity index (χ0v) is 13.1. The summed E-state index contributed by atoms with van der Waals surface area (Å²) in [5, 5.41) is 0. The summed E-state index contributed by atoms with van der Waals surface area (Å²) in [5.74, 6) is -1.87. The molecule has 1 aliphatic heterocycles. The van der Waals surface area contributed by atoms with Crippen LogP contribution >= 0.6 is 0 Å². The van der Waals surface area contributed by atoms with Crippen LogP contribution in [-0.4, -0.2) is 54.7 Å². The molecule has 1 heterocycles. The first kappa shape index (κ1) is 17.4. The number of nitrogens with zero attached hydrogens (tertiary/aromatic N) is 2. The number of hydrogen-bond acceptors (Lipinski definition) is 2. The van der Waals surface area contributed by atoms with Gasteiger partial charge in [-0.15, -0.1) is 0 Å². The monoisotopic (exact) mass is 276 g/mol. The minimum Gasteiger partial charge on any atom is -0.448 e. The van der Waals surface area contributed by atoms with Gasteiger partial charge in [-0.3, -0.25) is 9.59 Å². The Morgan fingerprint density at radius 2 is 1.59 bits per heavy atom. The molecule has 1 rings (SSSR count). The fourth-order valence-electron chi connectivity index (χ4n) is 1.62. The molecule has 1 aliphatic rings. The van der Waals surface area contributed by atoms with E-state index in [1.54, 1.807) is 0 Å². The molecule has 0 saturated carbocycles. The molecule has 17 heavy (non-hydrogen) atoms. The van der Waals surface area contributed by atoms with Gasteiger partial charge in [0.2, 0.25) is 0 Å². The van der Waals surface area contributed by atoms with Crippen LogP contribution in [0.3, 0.4) is 0 Å². The van der Waals surface area contributed by atoms with Crippen LogP contribution in [0.15, 0.2) is 0 Å². The molecule has 92 valence electrons. The Labute approximate surface area is 140 Å². The third-order valence-electron chi connectivity index (χ3n) is 2.32. The van der Waals surface area contributed by atoms with Gasteiger partial charge in [0.1, 0.15) is 0 Å². The van der Waals surface area contributed by atoms with Crippen LogP contribution < -0.4 is 51.4 Å². The summed E-state index contributed by atoms with van der Waals surface area (Å²) >= 11 is 0. The summed E-state index contributed by atoms with van der Waals surface area (Å²) in [4.78, 5) is 24.6. The van der Waals surface area contributed by atoms with Crippen LogP contribution in [0.4, 0.5) is 12.9 Å². The number of carbonyl (C=O) groups excluding carboxylic acids is 2. The Morgan fingerprint density at radius 1 is 1.12 bits per heavy atom. The molecular weight excluding hydrogens is 263 g/mol. The molecule has 1 fully saturated rings. The van der Waals surface area contributed by atoms with E-state index in [4.69, 9.17) is 0 Å². The molecule has 0 aliphatic carbocycles. The summed E-state index contributed by atoms with van der Waals surface area (Å²) in [6.45, 7) is -2.67. The second-order valence-corrected chi connectivity index (χ2v) is 3.75. The maximum atomic E-state index is 12.1. The van der Waals surface area contributed by atoms with Gasteiger partial charge in [-0.2, -0.15) is 0 Å². The zero-order chi connectivity index (χ0) is 12.3. The van der Waals surface area contributed by atoms with E-state index < -0.39 is 25.2 Å². The van der Waals surface area contributed by atoms with E-state index in [1.165, 1.54) is 4.90 Å². The van der Waals surface area contributed by atoms with Gasteiger partial charge in [-0.25, -0.2) is 0 Å². The molecule has 1 saturated heterocycles. The van der Waals surface area contributed by atoms with Crippen molar-refractivity contribution in [1.29, 1.82) is 0 Å². The first-order chi connectivity index (χ1) is 7.35. The van der Waals surface area contributed by atoms with Crippen LogP contribution in [0.5, 0.6) is 0 Å². The first-order valence-corrected chi connectivity index (χ1v) is 5.14. The van der Waals surface area contributed by atoms with Crippen molar-refractivity contribution in [3.8, 4) is 0 Å². The van der Waals surface area contributed by atoms with E-state index in [0.717, 1.165) is 0 Å².